The summed E-state index contributed by atoms with van der Waals surface area (Å²) >= 11 is 0. The molecule has 0 spiro atoms. The van der Waals surface area contributed by atoms with Gasteiger partial charge < -0.3 is 14.8 Å². The zero-order chi connectivity index (χ0) is 15.1. The Kier molecular flexibility index (Phi) is 5.64. The van der Waals surface area contributed by atoms with Crippen molar-refractivity contribution in [3.05, 3.63) is 29.6 Å². The van der Waals surface area contributed by atoms with Crippen LogP contribution in [0.25, 0.3) is 0 Å². The van der Waals surface area contributed by atoms with Crippen LogP contribution in [0.4, 0.5) is 10.1 Å². The number of benzene rings is 1. The lowest BCUT2D eigenvalue weighted by Gasteiger charge is -2.09. The minimum absolute atomic E-state index is 0.00767. The first-order chi connectivity index (χ1) is 9.47. The summed E-state index contributed by atoms with van der Waals surface area (Å²) in [6.45, 7) is 0. The van der Waals surface area contributed by atoms with E-state index in [1.807, 2.05) is 0 Å². The number of amides is 1. The van der Waals surface area contributed by atoms with Gasteiger partial charge in [0.05, 0.1) is 31.9 Å². The molecule has 0 aliphatic rings. The highest BCUT2D eigenvalue weighted by Gasteiger charge is 2.15. The molecule has 108 valence electrons. The lowest BCUT2D eigenvalue weighted by atomic mass is 10.1. The molecule has 0 saturated heterocycles. The number of nitrogens with one attached hydrogen (secondary N) is 1. The number of carbonyl (C=O) groups excluding carboxylic acids is 3. The van der Waals surface area contributed by atoms with Crippen molar-refractivity contribution < 1.29 is 28.2 Å². The highest BCUT2D eigenvalue weighted by Crippen LogP contribution is 2.18. The number of anilines is 1. The van der Waals surface area contributed by atoms with Crippen LogP contribution in [0.5, 0.6) is 0 Å². The summed E-state index contributed by atoms with van der Waals surface area (Å²) < 4.78 is 22.1. The van der Waals surface area contributed by atoms with E-state index in [0.29, 0.717) is 0 Å². The third kappa shape index (κ3) is 4.34. The van der Waals surface area contributed by atoms with Gasteiger partial charge in [0.25, 0.3) is 0 Å². The molecule has 1 aromatic carbocycles. The van der Waals surface area contributed by atoms with E-state index in [4.69, 9.17) is 0 Å². The van der Waals surface area contributed by atoms with Gasteiger partial charge in [0.1, 0.15) is 5.82 Å². The second-order valence-electron chi connectivity index (χ2n) is 3.81. The Bertz CT molecular complexity index is 529. The number of hydrogen-bond acceptors (Lipinski definition) is 5. The van der Waals surface area contributed by atoms with Gasteiger partial charge in [0, 0.05) is 6.42 Å². The van der Waals surface area contributed by atoms with Gasteiger partial charge >= 0.3 is 11.9 Å². The first-order valence-corrected chi connectivity index (χ1v) is 5.72. The van der Waals surface area contributed by atoms with Crippen LogP contribution in [0.1, 0.15) is 23.2 Å². The highest BCUT2D eigenvalue weighted by atomic mass is 19.1. The maximum absolute atomic E-state index is 13.2. The van der Waals surface area contributed by atoms with E-state index in [1.165, 1.54) is 20.3 Å². The molecule has 0 aliphatic carbocycles. The molecule has 0 saturated carbocycles. The molecule has 1 aromatic rings. The minimum Gasteiger partial charge on any atom is -0.469 e. The van der Waals surface area contributed by atoms with Gasteiger partial charge in [-0.1, -0.05) is 0 Å². The predicted molar refractivity (Wildman–Crippen MR) is 67.6 cm³/mol. The van der Waals surface area contributed by atoms with Crippen LogP contribution in [0, 0.1) is 5.82 Å². The summed E-state index contributed by atoms with van der Waals surface area (Å²) in [5.74, 6) is -2.38. The monoisotopic (exact) mass is 283 g/mol. The van der Waals surface area contributed by atoms with Crippen molar-refractivity contribution >= 4 is 23.5 Å². The maximum Gasteiger partial charge on any atom is 0.339 e. The van der Waals surface area contributed by atoms with E-state index in [0.717, 1.165) is 12.1 Å². The maximum atomic E-state index is 13.2. The molecule has 0 aliphatic heterocycles. The van der Waals surface area contributed by atoms with Crippen LogP contribution in [0.3, 0.4) is 0 Å². The molecule has 0 fully saturated rings. The molecule has 1 rings (SSSR count). The van der Waals surface area contributed by atoms with Crippen LogP contribution >= 0.6 is 0 Å². The van der Waals surface area contributed by atoms with E-state index in [9.17, 15) is 18.8 Å². The first-order valence-electron chi connectivity index (χ1n) is 5.72. The van der Waals surface area contributed by atoms with Crippen LogP contribution < -0.4 is 5.32 Å². The van der Waals surface area contributed by atoms with Crippen molar-refractivity contribution in [3.63, 3.8) is 0 Å². The Labute approximate surface area is 114 Å². The highest BCUT2D eigenvalue weighted by molar-refractivity contribution is 6.01. The largest absolute Gasteiger partial charge is 0.469 e. The lowest BCUT2D eigenvalue weighted by molar-refractivity contribution is -0.141. The van der Waals surface area contributed by atoms with Crippen LogP contribution in [-0.2, 0) is 19.1 Å². The first kappa shape index (κ1) is 15.6. The summed E-state index contributed by atoms with van der Waals surface area (Å²) in [6, 6.07) is 3.29. The molecule has 0 heterocycles. The Balaban J connectivity index is 2.80. The zero-order valence-electron chi connectivity index (χ0n) is 11.1. The Hall–Kier alpha value is -2.44. The topological polar surface area (TPSA) is 81.7 Å². The quantitative estimate of drug-likeness (QED) is 0.828. The normalized spacial score (nSPS) is 9.75. The summed E-state index contributed by atoms with van der Waals surface area (Å²) in [4.78, 5) is 34.0. The standard InChI is InChI=1S/C13H14FNO5/c1-19-12(17)6-5-11(16)15-10-7-8(14)3-4-9(10)13(18)20-2/h3-4,7H,5-6H2,1-2H3,(H,15,16). The molecule has 0 aromatic heterocycles. The molecule has 7 heteroatoms. The van der Waals surface area contributed by atoms with Gasteiger partial charge in [-0.2, -0.15) is 0 Å². The van der Waals surface area contributed by atoms with Gasteiger partial charge in [0.2, 0.25) is 5.91 Å². The number of rotatable bonds is 5. The number of halogens is 1. The predicted octanol–water partition coefficient (Wildman–Crippen LogP) is 1.50. The van der Waals surface area contributed by atoms with Crippen molar-refractivity contribution in [2.75, 3.05) is 19.5 Å². The lowest BCUT2D eigenvalue weighted by Crippen LogP contribution is -2.16. The smallest absolute Gasteiger partial charge is 0.339 e. The summed E-state index contributed by atoms with van der Waals surface area (Å²) in [6.07, 6.45) is -0.241. The van der Waals surface area contributed by atoms with Gasteiger partial charge in [-0.05, 0) is 18.2 Å². The zero-order valence-corrected chi connectivity index (χ0v) is 11.1. The van der Waals surface area contributed by atoms with Gasteiger partial charge in [-0.3, -0.25) is 9.59 Å². The van der Waals surface area contributed by atoms with E-state index >= 15 is 0 Å². The van der Waals surface area contributed by atoms with Crippen molar-refractivity contribution in [2.24, 2.45) is 0 Å². The molecule has 0 radical (unpaired) electrons. The van der Waals surface area contributed by atoms with Crippen molar-refractivity contribution in [1.82, 2.24) is 0 Å². The number of esters is 2. The van der Waals surface area contributed by atoms with Crippen molar-refractivity contribution in [2.45, 2.75) is 12.8 Å². The molecule has 0 unspecified atom stereocenters. The number of carbonyl (C=O) groups is 3. The fourth-order valence-corrected chi connectivity index (χ4v) is 1.44. The van der Waals surface area contributed by atoms with Gasteiger partial charge in [0.15, 0.2) is 0 Å². The molecular formula is C13H14FNO5. The summed E-state index contributed by atoms with van der Waals surface area (Å²) in [5, 5.41) is 2.36. The van der Waals surface area contributed by atoms with Crippen molar-refractivity contribution in [3.8, 4) is 0 Å². The number of methoxy groups -OCH3 is 2. The van der Waals surface area contributed by atoms with Crippen molar-refractivity contribution in [1.29, 1.82) is 0 Å². The van der Waals surface area contributed by atoms with Crippen LogP contribution in [-0.4, -0.2) is 32.1 Å². The van der Waals surface area contributed by atoms with Crippen LogP contribution in [0.2, 0.25) is 0 Å². The average Bonchev–Trinajstić information content (AvgIpc) is 2.44. The number of ether oxygens (including phenoxy) is 2. The molecule has 6 nitrogen and oxygen atoms in total. The average molecular weight is 283 g/mol. The van der Waals surface area contributed by atoms with E-state index in [2.05, 4.69) is 14.8 Å². The fraction of sp³-hybridized carbons (Fsp3) is 0.308. The third-order valence-electron chi connectivity index (χ3n) is 2.44. The molecule has 1 amide bonds. The molecule has 0 bridgehead atoms. The molecule has 0 atom stereocenters. The second kappa shape index (κ2) is 7.22. The fourth-order valence-electron chi connectivity index (χ4n) is 1.44. The van der Waals surface area contributed by atoms with E-state index in [1.54, 1.807) is 0 Å². The molecule has 1 N–H and O–H groups in total. The third-order valence-corrected chi connectivity index (χ3v) is 2.44. The number of hydrogen-bond donors (Lipinski definition) is 1. The van der Waals surface area contributed by atoms with Crippen LogP contribution in [0.15, 0.2) is 18.2 Å². The van der Waals surface area contributed by atoms with Gasteiger partial charge in [-0.25, -0.2) is 9.18 Å². The van der Waals surface area contributed by atoms with Gasteiger partial charge in [-0.15, -0.1) is 0 Å². The Morgan fingerprint density at radius 1 is 1.15 bits per heavy atom. The second-order valence-corrected chi connectivity index (χ2v) is 3.81. The Morgan fingerprint density at radius 3 is 2.45 bits per heavy atom. The van der Waals surface area contributed by atoms with E-state index < -0.39 is 23.7 Å². The SMILES string of the molecule is COC(=O)CCC(=O)Nc1cc(F)ccc1C(=O)OC. The molecular weight excluding hydrogens is 269 g/mol. The van der Waals surface area contributed by atoms with E-state index in [-0.39, 0.29) is 24.1 Å². The Morgan fingerprint density at radius 2 is 1.85 bits per heavy atom. The summed E-state index contributed by atoms with van der Waals surface area (Å²) in [5.41, 5.74) is 0.0204. The minimum atomic E-state index is -0.701. The summed E-state index contributed by atoms with van der Waals surface area (Å²) in [7, 11) is 2.39. The molecule has 20 heavy (non-hydrogen) atoms.